The van der Waals surface area contributed by atoms with E-state index in [2.05, 4.69) is 20.5 Å². The molecule has 2 N–H and O–H groups in total. The molecule has 0 bridgehead atoms. The summed E-state index contributed by atoms with van der Waals surface area (Å²) >= 11 is 0. The van der Waals surface area contributed by atoms with E-state index in [-0.39, 0.29) is 11.9 Å². The fourth-order valence-corrected chi connectivity index (χ4v) is 2.15. The van der Waals surface area contributed by atoms with Gasteiger partial charge in [-0.2, -0.15) is 0 Å². The summed E-state index contributed by atoms with van der Waals surface area (Å²) in [5.41, 5.74) is 1.15. The minimum absolute atomic E-state index is 0.0440. The van der Waals surface area contributed by atoms with Crippen molar-refractivity contribution in [1.82, 2.24) is 10.3 Å². The molecule has 1 aromatic rings. The van der Waals surface area contributed by atoms with Gasteiger partial charge >= 0.3 is 0 Å². The average Bonchev–Trinajstić information content (AvgIpc) is 2.77. The number of nitrogens with zero attached hydrogens (tertiary/aromatic N) is 2. The zero-order valence-corrected chi connectivity index (χ0v) is 10.2. The third kappa shape index (κ3) is 2.87. The van der Waals surface area contributed by atoms with Crippen molar-refractivity contribution in [3.05, 3.63) is 18.3 Å². The first-order chi connectivity index (χ1) is 8.19. The molecular weight excluding hydrogens is 216 g/mol. The number of rotatable bonds is 3. The molecule has 2 heterocycles. The zero-order valence-electron chi connectivity index (χ0n) is 10.2. The molecule has 0 spiro atoms. The van der Waals surface area contributed by atoms with Crippen LogP contribution in [0, 0.1) is 0 Å². The number of carbonyl (C=O) groups excluding carboxylic acids is 1. The second-order valence-corrected chi connectivity index (χ2v) is 4.28. The van der Waals surface area contributed by atoms with Crippen LogP contribution in [-0.2, 0) is 4.79 Å². The van der Waals surface area contributed by atoms with Gasteiger partial charge in [0.1, 0.15) is 5.82 Å². The highest BCUT2D eigenvalue weighted by molar-refractivity contribution is 5.73. The zero-order chi connectivity index (χ0) is 12.3. The highest BCUT2D eigenvalue weighted by atomic mass is 16.1. The van der Waals surface area contributed by atoms with Gasteiger partial charge in [0.2, 0.25) is 5.91 Å². The third-order valence-corrected chi connectivity index (χ3v) is 2.96. The van der Waals surface area contributed by atoms with Gasteiger partial charge < -0.3 is 15.5 Å². The smallest absolute Gasteiger partial charge is 0.217 e. The van der Waals surface area contributed by atoms with Gasteiger partial charge in [0.05, 0.1) is 0 Å². The van der Waals surface area contributed by atoms with Gasteiger partial charge in [-0.05, 0) is 12.5 Å². The maximum absolute atomic E-state index is 11.0. The lowest BCUT2D eigenvalue weighted by molar-refractivity contribution is -0.119. The Hall–Kier alpha value is -1.78. The number of hydrogen-bond acceptors (Lipinski definition) is 4. The molecule has 0 saturated carbocycles. The van der Waals surface area contributed by atoms with E-state index in [0.29, 0.717) is 0 Å². The van der Waals surface area contributed by atoms with Gasteiger partial charge in [0.15, 0.2) is 0 Å². The molecule has 1 aliphatic rings. The molecule has 1 atom stereocenters. The quantitative estimate of drug-likeness (QED) is 0.813. The molecule has 1 amide bonds. The van der Waals surface area contributed by atoms with Crippen molar-refractivity contribution in [2.24, 2.45) is 0 Å². The van der Waals surface area contributed by atoms with Gasteiger partial charge in [0.25, 0.3) is 0 Å². The Morgan fingerprint density at radius 3 is 3.12 bits per heavy atom. The summed E-state index contributed by atoms with van der Waals surface area (Å²) in [5, 5.41) is 5.98. The highest BCUT2D eigenvalue weighted by Gasteiger charge is 2.23. The van der Waals surface area contributed by atoms with Crippen molar-refractivity contribution in [1.29, 1.82) is 0 Å². The third-order valence-electron chi connectivity index (χ3n) is 2.96. The fraction of sp³-hybridized carbons (Fsp3) is 0.500. The van der Waals surface area contributed by atoms with E-state index in [1.54, 1.807) is 13.1 Å². The molecule has 1 aromatic heterocycles. The minimum Gasteiger partial charge on any atom is -0.373 e. The first-order valence-corrected chi connectivity index (χ1v) is 5.85. The molecule has 92 valence electrons. The summed E-state index contributed by atoms with van der Waals surface area (Å²) in [5.74, 6) is 0.910. The average molecular weight is 234 g/mol. The Morgan fingerprint density at radius 1 is 1.59 bits per heavy atom. The molecule has 0 aromatic carbocycles. The maximum Gasteiger partial charge on any atom is 0.217 e. The van der Waals surface area contributed by atoms with Gasteiger partial charge in [-0.15, -0.1) is 0 Å². The van der Waals surface area contributed by atoms with Gasteiger partial charge in [-0.1, -0.05) is 0 Å². The van der Waals surface area contributed by atoms with Gasteiger partial charge in [-0.25, -0.2) is 4.98 Å². The monoisotopic (exact) mass is 234 g/mol. The summed E-state index contributed by atoms with van der Waals surface area (Å²) in [6.45, 7) is 3.40. The summed E-state index contributed by atoms with van der Waals surface area (Å²) in [7, 11) is 1.86. The molecule has 1 saturated heterocycles. The van der Waals surface area contributed by atoms with Gasteiger partial charge in [-0.3, -0.25) is 4.79 Å². The first-order valence-electron chi connectivity index (χ1n) is 5.85. The molecule has 1 unspecified atom stereocenters. The molecule has 1 fully saturated rings. The van der Waals surface area contributed by atoms with E-state index in [0.717, 1.165) is 31.0 Å². The van der Waals surface area contributed by atoms with Crippen LogP contribution in [0.3, 0.4) is 0 Å². The normalized spacial score (nSPS) is 19.2. The predicted molar refractivity (Wildman–Crippen MR) is 68.2 cm³/mol. The van der Waals surface area contributed by atoms with E-state index in [1.807, 2.05) is 19.2 Å². The van der Waals surface area contributed by atoms with Crippen LogP contribution in [0.4, 0.5) is 11.5 Å². The Labute approximate surface area is 101 Å². The number of hydrogen-bond donors (Lipinski definition) is 2. The van der Waals surface area contributed by atoms with E-state index in [1.165, 1.54) is 0 Å². The number of anilines is 2. The molecule has 0 aliphatic carbocycles. The van der Waals surface area contributed by atoms with Crippen LogP contribution in [0.2, 0.25) is 0 Å². The van der Waals surface area contributed by atoms with Crippen LogP contribution in [-0.4, -0.2) is 37.1 Å². The van der Waals surface area contributed by atoms with E-state index in [9.17, 15) is 4.79 Å². The largest absolute Gasteiger partial charge is 0.373 e. The maximum atomic E-state index is 11.0. The molecule has 2 rings (SSSR count). The number of amides is 1. The van der Waals surface area contributed by atoms with E-state index >= 15 is 0 Å². The lowest BCUT2D eigenvalue weighted by Gasteiger charge is -2.19. The number of pyridine rings is 1. The summed E-state index contributed by atoms with van der Waals surface area (Å²) < 4.78 is 0. The highest BCUT2D eigenvalue weighted by Crippen LogP contribution is 2.21. The van der Waals surface area contributed by atoms with Crippen molar-refractivity contribution in [2.45, 2.75) is 19.4 Å². The van der Waals surface area contributed by atoms with Crippen LogP contribution < -0.4 is 15.5 Å². The van der Waals surface area contributed by atoms with Crippen LogP contribution in [0.1, 0.15) is 13.3 Å². The second-order valence-electron chi connectivity index (χ2n) is 4.28. The molecule has 1 aliphatic heterocycles. The molecule has 17 heavy (non-hydrogen) atoms. The Kier molecular flexibility index (Phi) is 3.46. The lowest BCUT2D eigenvalue weighted by Crippen LogP contribution is -2.35. The van der Waals surface area contributed by atoms with E-state index in [4.69, 9.17) is 0 Å². The number of aromatic nitrogens is 1. The standard InChI is InChI=1S/C12H18N4O/c1-9(17)15-10-4-6-16(8-10)11-3-5-14-12(7-11)13-2/h3,5,7,10H,4,6,8H2,1-2H3,(H,13,14)(H,15,17). The van der Waals surface area contributed by atoms with Crippen molar-refractivity contribution >= 4 is 17.4 Å². The number of carbonyl (C=O) groups is 1. The van der Waals surface area contributed by atoms with E-state index < -0.39 is 0 Å². The van der Waals surface area contributed by atoms with Crippen molar-refractivity contribution in [3.63, 3.8) is 0 Å². The van der Waals surface area contributed by atoms with Crippen molar-refractivity contribution < 1.29 is 4.79 Å². The second kappa shape index (κ2) is 5.03. The summed E-state index contributed by atoms with van der Waals surface area (Å²) in [4.78, 5) is 17.4. The predicted octanol–water partition coefficient (Wildman–Crippen LogP) is 0.838. The Balaban J connectivity index is 2.01. The topological polar surface area (TPSA) is 57.3 Å². The Morgan fingerprint density at radius 2 is 2.41 bits per heavy atom. The first kappa shape index (κ1) is 11.7. The molecular formula is C12H18N4O. The summed E-state index contributed by atoms with van der Waals surface area (Å²) in [6.07, 6.45) is 2.80. The van der Waals surface area contributed by atoms with Crippen LogP contribution in [0.5, 0.6) is 0 Å². The van der Waals surface area contributed by atoms with Crippen LogP contribution >= 0.6 is 0 Å². The molecule has 5 nitrogen and oxygen atoms in total. The lowest BCUT2D eigenvalue weighted by atomic mass is 10.2. The molecule has 0 radical (unpaired) electrons. The van der Waals surface area contributed by atoms with Crippen LogP contribution in [0.15, 0.2) is 18.3 Å². The fourth-order valence-electron chi connectivity index (χ4n) is 2.15. The Bertz CT molecular complexity index is 407. The number of nitrogens with one attached hydrogen (secondary N) is 2. The minimum atomic E-state index is 0.0440. The molecule has 5 heteroatoms. The SMILES string of the molecule is CNc1cc(N2CCC(NC(C)=O)C2)ccn1. The van der Waals surface area contributed by atoms with Crippen LogP contribution in [0.25, 0.3) is 0 Å². The summed E-state index contributed by atoms with van der Waals surface area (Å²) in [6, 6.07) is 4.28. The van der Waals surface area contributed by atoms with Crippen molar-refractivity contribution in [2.75, 3.05) is 30.4 Å². The van der Waals surface area contributed by atoms with Crippen molar-refractivity contribution in [3.8, 4) is 0 Å². The van der Waals surface area contributed by atoms with Gasteiger partial charge in [0, 0.05) is 51.1 Å².